The highest BCUT2D eigenvalue weighted by Crippen LogP contribution is 2.55. The Morgan fingerprint density at radius 1 is 1.46 bits per heavy atom. The molecule has 5 atom stereocenters. The van der Waals surface area contributed by atoms with Gasteiger partial charge < -0.3 is 14.8 Å². The molecule has 4 heterocycles. The van der Waals surface area contributed by atoms with Crippen LogP contribution in [0, 0.1) is 11.8 Å². The summed E-state index contributed by atoms with van der Waals surface area (Å²) in [5.41, 5.74) is 2.37. The van der Waals surface area contributed by atoms with E-state index in [4.69, 9.17) is 4.74 Å². The van der Waals surface area contributed by atoms with E-state index in [0.717, 1.165) is 54.7 Å². The molecule has 6 rings (SSSR count). The van der Waals surface area contributed by atoms with Crippen molar-refractivity contribution in [2.75, 3.05) is 20.2 Å². The summed E-state index contributed by atoms with van der Waals surface area (Å²) >= 11 is 0. The maximum atomic E-state index is 12.8. The van der Waals surface area contributed by atoms with Crippen LogP contribution in [0.25, 0.3) is 10.9 Å². The fourth-order valence-electron chi connectivity index (χ4n) is 6.25. The molecule has 1 saturated carbocycles. The highest BCUT2D eigenvalue weighted by Gasteiger charge is 2.62. The van der Waals surface area contributed by atoms with Gasteiger partial charge in [0.25, 0.3) is 0 Å². The van der Waals surface area contributed by atoms with Gasteiger partial charge in [0.2, 0.25) is 0 Å². The van der Waals surface area contributed by atoms with Gasteiger partial charge >= 0.3 is 5.97 Å². The molecule has 1 aliphatic carbocycles. The van der Waals surface area contributed by atoms with Gasteiger partial charge in [-0.2, -0.15) is 0 Å². The summed E-state index contributed by atoms with van der Waals surface area (Å²) in [5.74, 6) is 1.11. The summed E-state index contributed by atoms with van der Waals surface area (Å²) in [7, 11) is 1.68. The Kier molecular flexibility index (Phi) is 3.42. The Morgan fingerprint density at radius 3 is 3.04 bits per heavy atom. The monoisotopic (exact) mass is 354 g/mol. The normalized spacial score (nSPS) is 35.2. The predicted molar refractivity (Wildman–Crippen MR) is 99.7 cm³/mol. The molecule has 0 radical (unpaired) electrons. The highest BCUT2D eigenvalue weighted by atomic mass is 16.5. The number of ether oxygens (including phenoxy) is 1. The molecule has 1 aromatic carbocycles. The number of hydrogen-bond acceptors (Lipinski definition) is 3. The first-order chi connectivity index (χ1) is 12.6. The molecule has 0 amide bonds. The van der Waals surface area contributed by atoms with Crippen LogP contribution in [0.15, 0.2) is 18.2 Å². The molecule has 2 N–H and O–H groups in total. The number of carboxylic acid groups (broad SMARTS) is 1. The van der Waals surface area contributed by atoms with E-state index < -0.39 is 11.4 Å². The minimum atomic E-state index is -0.806. The first-order valence-corrected chi connectivity index (χ1v) is 9.75. The molecule has 4 bridgehead atoms. The van der Waals surface area contributed by atoms with E-state index in [2.05, 4.69) is 22.9 Å². The largest absolute Gasteiger partial charge is 0.497 e. The SMILES string of the molecule is CC[C@H]1C[C@@H]2CN3CCc4c([nH]c5ccc(OC)cc45)[C@](C(=O)O)(C2)C13. The van der Waals surface area contributed by atoms with Crippen LogP contribution in [0.2, 0.25) is 0 Å². The number of nitrogens with zero attached hydrogens (tertiary/aromatic N) is 1. The molecule has 3 aliphatic heterocycles. The van der Waals surface area contributed by atoms with Crippen LogP contribution >= 0.6 is 0 Å². The number of carbonyl (C=O) groups is 1. The summed E-state index contributed by atoms with van der Waals surface area (Å²) in [6.07, 6.45) is 3.89. The molecule has 2 unspecified atom stereocenters. The molecule has 138 valence electrons. The Hall–Kier alpha value is -2.01. The molecule has 2 saturated heterocycles. The van der Waals surface area contributed by atoms with Gasteiger partial charge in [-0.1, -0.05) is 13.3 Å². The first kappa shape index (κ1) is 16.2. The van der Waals surface area contributed by atoms with E-state index in [1.165, 1.54) is 12.0 Å². The molecule has 5 nitrogen and oxygen atoms in total. The van der Waals surface area contributed by atoms with Gasteiger partial charge in [-0.05, 0) is 54.9 Å². The molecule has 1 aromatic heterocycles. The van der Waals surface area contributed by atoms with Gasteiger partial charge in [-0.15, -0.1) is 0 Å². The van der Waals surface area contributed by atoms with Gasteiger partial charge in [0.15, 0.2) is 0 Å². The molecular weight excluding hydrogens is 328 g/mol. The average molecular weight is 354 g/mol. The summed E-state index contributed by atoms with van der Waals surface area (Å²) in [6, 6.07) is 6.13. The van der Waals surface area contributed by atoms with Crippen LogP contribution < -0.4 is 4.74 Å². The third kappa shape index (κ3) is 1.92. The van der Waals surface area contributed by atoms with E-state index in [0.29, 0.717) is 11.8 Å². The summed E-state index contributed by atoms with van der Waals surface area (Å²) < 4.78 is 5.42. The summed E-state index contributed by atoms with van der Waals surface area (Å²) in [4.78, 5) is 18.8. The third-order valence-corrected chi connectivity index (χ3v) is 7.20. The predicted octanol–water partition coefficient (Wildman–Crippen LogP) is 3.18. The molecule has 0 spiro atoms. The number of benzene rings is 1. The van der Waals surface area contributed by atoms with Crippen molar-refractivity contribution < 1.29 is 14.6 Å². The second-order valence-electron chi connectivity index (χ2n) is 8.33. The fraction of sp³-hybridized carbons (Fsp3) is 0.571. The Labute approximate surface area is 153 Å². The van der Waals surface area contributed by atoms with Crippen LogP contribution in [-0.2, 0) is 16.6 Å². The first-order valence-electron chi connectivity index (χ1n) is 9.75. The molecular formula is C21H26N2O3. The molecule has 26 heavy (non-hydrogen) atoms. The van der Waals surface area contributed by atoms with Crippen molar-refractivity contribution in [2.24, 2.45) is 11.8 Å². The minimum absolute atomic E-state index is 0.103. The van der Waals surface area contributed by atoms with E-state index in [-0.39, 0.29) is 6.04 Å². The summed E-state index contributed by atoms with van der Waals surface area (Å²) in [6.45, 7) is 4.22. The zero-order valence-electron chi connectivity index (χ0n) is 15.4. The van der Waals surface area contributed by atoms with Crippen LogP contribution in [0.1, 0.15) is 37.4 Å². The number of aromatic amines is 1. The van der Waals surface area contributed by atoms with E-state index in [1.807, 2.05) is 12.1 Å². The Bertz CT molecular complexity index is 889. The number of methoxy groups -OCH3 is 1. The van der Waals surface area contributed by atoms with Crippen LogP contribution in [0.5, 0.6) is 5.75 Å². The highest BCUT2D eigenvalue weighted by molar-refractivity contribution is 5.91. The van der Waals surface area contributed by atoms with Crippen molar-refractivity contribution in [2.45, 2.75) is 44.1 Å². The number of aliphatic carboxylic acids is 1. The topological polar surface area (TPSA) is 65.6 Å². The smallest absolute Gasteiger partial charge is 0.317 e. The lowest BCUT2D eigenvalue weighted by Gasteiger charge is -2.57. The maximum absolute atomic E-state index is 12.8. The zero-order chi connectivity index (χ0) is 18.1. The van der Waals surface area contributed by atoms with Gasteiger partial charge in [-0.3, -0.25) is 9.69 Å². The average Bonchev–Trinajstić information content (AvgIpc) is 2.99. The minimum Gasteiger partial charge on any atom is -0.497 e. The van der Waals surface area contributed by atoms with Crippen molar-refractivity contribution in [3.05, 3.63) is 29.5 Å². The fourth-order valence-corrected chi connectivity index (χ4v) is 6.25. The number of hydrogen-bond donors (Lipinski definition) is 2. The van der Waals surface area contributed by atoms with E-state index in [9.17, 15) is 9.90 Å². The quantitative estimate of drug-likeness (QED) is 0.888. The van der Waals surface area contributed by atoms with Crippen LogP contribution in [-0.4, -0.2) is 47.2 Å². The van der Waals surface area contributed by atoms with Crippen molar-refractivity contribution in [1.82, 2.24) is 9.88 Å². The van der Waals surface area contributed by atoms with E-state index in [1.54, 1.807) is 7.11 Å². The van der Waals surface area contributed by atoms with Crippen molar-refractivity contribution in [3.63, 3.8) is 0 Å². The van der Waals surface area contributed by atoms with Crippen molar-refractivity contribution in [3.8, 4) is 5.75 Å². The van der Waals surface area contributed by atoms with Crippen molar-refractivity contribution in [1.29, 1.82) is 0 Å². The van der Waals surface area contributed by atoms with Crippen LogP contribution in [0.4, 0.5) is 0 Å². The van der Waals surface area contributed by atoms with Gasteiger partial charge in [0.1, 0.15) is 11.2 Å². The number of nitrogens with one attached hydrogen (secondary N) is 1. The number of piperidine rings is 2. The number of fused-ring (bicyclic) bond motifs is 4. The lowest BCUT2D eigenvalue weighted by molar-refractivity contribution is -0.158. The summed E-state index contributed by atoms with van der Waals surface area (Å²) in [5, 5.41) is 11.6. The number of aromatic nitrogens is 1. The third-order valence-electron chi connectivity index (χ3n) is 7.20. The zero-order valence-corrected chi connectivity index (χ0v) is 15.4. The molecule has 4 aliphatic rings. The van der Waals surface area contributed by atoms with Gasteiger partial charge in [0, 0.05) is 35.7 Å². The maximum Gasteiger partial charge on any atom is 0.317 e. The Balaban J connectivity index is 1.78. The van der Waals surface area contributed by atoms with Crippen molar-refractivity contribution >= 4 is 16.9 Å². The van der Waals surface area contributed by atoms with E-state index >= 15 is 0 Å². The Morgan fingerprint density at radius 2 is 2.31 bits per heavy atom. The lowest BCUT2D eigenvalue weighted by atomic mass is 9.56. The standard InChI is InChI=1S/C21H26N2O3/c1-3-13-8-12-10-21(20(24)25)18-15(6-7-23(11-12)19(13)21)16-9-14(26-2)4-5-17(16)22-18/h4-5,9,12-13,19,22H,3,6-8,10-11H2,1-2H3,(H,24,25)/t12-,13-,19?,21+/m0/s1. The number of carboxylic acids is 1. The van der Waals surface area contributed by atoms with Gasteiger partial charge in [0.05, 0.1) is 7.11 Å². The lowest BCUT2D eigenvalue weighted by Crippen LogP contribution is -2.67. The second-order valence-corrected chi connectivity index (χ2v) is 8.33. The van der Waals surface area contributed by atoms with Gasteiger partial charge in [-0.25, -0.2) is 0 Å². The molecule has 2 aromatic rings. The molecule has 5 heteroatoms. The second kappa shape index (κ2) is 5.49. The van der Waals surface area contributed by atoms with Crippen LogP contribution in [0.3, 0.4) is 0 Å². The number of H-pyrrole nitrogens is 1. The molecule has 3 fully saturated rings. The number of rotatable bonds is 3.